The minimum atomic E-state index is 0.754. The molecule has 0 saturated carbocycles. The summed E-state index contributed by atoms with van der Waals surface area (Å²) in [6.07, 6.45) is 1.04. The molecule has 84 valence electrons. The van der Waals surface area contributed by atoms with Gasteiger partial charge in [-0.05, 0) is 44.8 Å². The van der Waals surface area contributed by atoms with E-state index in [1.54, 1.807) is 7.11 Å². The Morgan fingerprint density at radius 2 is 1.67 bits per heavy atom. The van der Waals surface area contributed by atoms with Crippen LogP contribution in [0.15, 0.2) is 24.3 Å². The fourth-order valence-electron chi connectivity index (χ4n) is 1.24. The molecule has 0 N–H and O–H groups in total. The van der Waals surface area contributed by atoms with E-state index in [9.17, 15) is 0 Å². The molecule has 0 fully saturated rings. The molecule has 3 nitrogen and oxygen atoms in total. The summed E-state index contributed by atoms with van der Waals surface area (Å²) in [6.45, 7) is 1.81. The standard InChI is InChI=1S/C12H19NO2/c1-13(2)9-4-10-15-12-7-5-11(14-3)6-8-12/h5-8H,4,9-10H2,1-3H3. The van der Waals surface area contributed by atoms with Crippen LogP contribution in [0.2, 0.25) is 0 Å². The first-order valence-electron chi connectivity index (χ1n) is 5.14. The minimum absolute atomic E-state index is 0.754. The minimum Gasteiger partial charge on any atom is -0.497 e. The van der Waals surface area contributed by atoms with Crippen molar-refractivity contribution in [3.8, 4) is 11.5 Å². The Bertz CT molecular complexity index is 269. The highest BCUT2D eigenvalue weighted by Crippen LogP contribution is 2.16. The maximum Gasteiger partial charge on any atom is 0.119 e. The third kappa shape index (κ3) is 4.70. The summed E-state index contributed by atoms with van der Waals surface area (Å²) in [4.78, 5) is 2.15. The lowest BCUT2D eigenvalue weighted by atomic mass is 10.3. The zero-order chi connectivity index (χ0) is 11.1. The molecule has 0 atom stereocenters. The average Bonchev–Trinajstić information content (AvgIpc) is 2.25. The molecular formula is C12H19NO2. The van der Waals surface area contributed by atoms with Crippen LogP contribution in [-0.2, 0) is 0 Å². The summed E-state index contributed by atoms with van der Waals surface area (Å²) < 4.78 is 10.6. The molecule has 0 heterocycles. The number of ether oxygens (including phenoxy) is 2. The van der Waals surface area contributed by atoms with Crippen LogP contribution in [-0.4, -0.2) is 39.3 Å². The second kappa shape index (κ2) is 6.30. The Balaban J connectivity index is 2.25. The van der Waals surface area contributed by atoms with Gasteiger partial charge in [0.15, 0.2) is 0 Å². The smallest absolute Gasteiger partial charge is 0.119 e. The quantitative estimate of drug-likeness (QED) is 0.669. The van der Waals surface area contributed by atoms with Gasteiger partial charge >= 0.3 is 0 Å². The third-order valence-corrected chi connectivity index (χ3v) is 2.08. The summed E-state index contributed by atoms with van der Waals surface area (Å²) in [5, 5.41) is 0. The first-order valence-corrected chi connectivity index (χ1v) is 5.14. The predicted octanol–water partition coefficient (Wildman–Crippen LogP) is 2.03. The van der Waals surface area contributed by atoms with Gasteiger partial charge < -0.3 is 14.4 Å². The van der Waals surface area contributed by atoms with Gasteiger partial charge in [-0.15, -0.1) is 0 Å². The van der Waals surface area contributed by atoms with E-state index in [-0.39, 0.29) is 0 Å². The first kappa shape index (κ1) is 11.9. The fraction of sp³-hybridized carbons (Fsp3) is 0.500. The maximum absolute atomic E-state index is 5.57. The van der Waals surface area contributed by atoms with Crippen LogP contribution in [0.25, 0.3) is 0 Å². The van der Waals surface area contributed by atoms with Crippen LogP contribution in [0.3, 0.4) is 0 Å². The van der Waals surface area contributed by atoms with Crippen LogP contribution in [0, 0.1) is 0 Å². The molecule has 0 aliphatic carbocycles. The van der Waals surface area contributed by atoms with Gasteiger partial charge in [0.2, 0.25) is 0 Å². The SMILES string of the molecule is COc1ccc(OCCCN(C)C)cc1. The second-order valence-electron chi connectivity index (χ2n) is 3.68. The van der Waals surface area contributed by atoms with Crippen LogP contribution < -0.4 is 9.47 Å². The summed E-state index contributed by atoms with van der Waals surface area (Å²) in [7, 11) is 5.79. The van der Waals surface area contributed by atoms with Crippen molar-refractivity contribution in [2.24, 2.45) is 0 Å². The molecule has 0 bridgehead atoms. The molecule has 0 radical (unpaired) electrons. The van der Waals surface area contributed by atoms with Gasteiger partial charge in [-0.2, -0.15) is 0 Å². The zero-order valence-corrected chi connectivity index (χ0v) is 9.69. The van der Waals surface area contributed by atoms with Gasteiger partial charge in [0.05, 0.1) is 13.7 Å². The van der Waals surface area contributed by atoms with Gasteiger partial charge in [-0.1, -0.05) is 0 Å². The van der Waals surface area contributed by atoms with Crippen molar-refractivity contribution in [1.29, 1.82) is 0 Å². The topological polar surface area (TPSA) is 21.7 Å². The Morgan fingerprint density at radius 3 is 2.20 bits per heavy atom. The maximum atomic E-state index is 5.57. The van der Waals surface area contributed by atoms with E-state index < -0.39 is 0 Å². The van der Waals surface area contributed by atoms with E-state index in [1.807, 2.05) is 24.3 Å². The van der Waals surface area contributed by atoms with Gasteiger partial charge in [0.25, 0.3) is 0 Å². The van der Waals surface area contributed by atoms with Crippen molar-refractivity contribution in [1.82, 2.24) is 4.90 Å². The number of benzene rings is 1. The van der Waals surface area contributed by atoms with E-state index in [0.29, 0.717) is 0 Å². The van der Waals surface area contributed by atoms with Crippen molar-refractivity contribution < 1.29 is 9.47 Å². The summed E-state index contributed by atoms with van der Waals surface area (Å²) in [6, 6.07) is 7.66. The number of nitrogens with zero attached hydrogens (tertiary/aromatic N) is 1. The molecule has 0 aliphatic heterocycles. The van der Waals surface area contributed by atoms with E-state index in [0.717, 1.165) is 31.1 Å². The number of rotatable bonds is 6. The highest BCUT2D eigenvalue weighted by Gasteiger charge is 1.95. The van der Waals surface area contributed by atoms with E-state index in [4.69, 9.17) is 9.47 Å². The Labute approximate surface area is 91.6 Å². The monoisotopic (exact) mass is 209 g/mol. The molecule has 1 rings (SSSR count). The predicted molar refractivity (Wildman–Crippen MR) is 61.7 cm³/mol. The van der Waals surface area contributed by atoms with Crippen LogP contribution in [0.1, 0.15) is 6.42 Å². The number of hydrogen-bond donors (Lipinski definition) is 0. The Morgan fingerprint density at radius 1 is 1.07 bits per heavy atom. The van der Waals surface area contributed by atoms with Crippen LogP contribution in [0.5, 0.6) is 11.5 Å². The summed E-state index contributed by atoms with van der Waals surface area (Å²) in [5.74, 6) is 1.75. The number of hydrogen-bond acceptors (Lipinski definition) is 3. The molecule has 15 heavy (non-hydrogen) atoms. The molecule has 1 aromatic rings. The molecule has 1 aromatic carbocycles. The van der Waals surface area contributed by atoms with Gasteiger partial charge in [0.1, 0.15) is 11.5 Å². The molecular weight excluding hydrogens is 190 g/mol. The van der Waals surface area contributed by atoms with Gasteiger partial charge in [-0.25, -0.2) is 0 Å². The van der Waals surface area contributed by atoms with Crippen molar-refractivity contribution in [2.75, 3.05) is 34.4 Å². The molecule has 0 aliphatic rings. The van der Waals surface area contributed by atoms with Gasteiger partial charge in [0, 0.05) is 6.54 Å². The number of methoxy groups -OCH3 is 1. The summed E-state index contributed by atoms with van der Waals surface area (Å²) >= 11 is 0. The van der Waals surface area contributed by atoms with Crippen LogP contribution >= 0.6 is 0 Å². The van der Waals surface area contributed by atoms with E-state index in [2.05, 4.69) is 19.0 Å². The largest absolute Gasteiger partial charge is 0.497 e. The molecule has 0 amide bonds. The van der Waals surface area contributed by atoms with Crippen molar-refractivity contribution >= 4 is 0 Å². The second-order valence-corrected chi connectivity index (χ2v) is 3.68. The highest BCUT2D eigenvalue weighted by atomic mass is 16.5. The van der Waals surface area contributed by atoms with Crippen LogP contribution in [0.4, 0.5) is 0 Å². The first-order chi connectivity index (χ1) is 7.22. The molecule has 0 spiro atoms. The molecule has 0 aromatic heterocycles. The lowest BCUT2D eigenvalue weighted by Gasteiger charge is -2.10. The Kier molecular flexibility index (Phi) is 4.98. The lowest BCUT2D eigenvalue weighted by molar-refractivity contribution is 0.281. The van der Waals surface area contributed by atoms with Crippen molar-refractivity contribution in [2.45, 2.75) is 6.42 Å². The molecule has 3 heteroatoms. The highest BCUT2D eigenvalue weighted by molar-refractivity contribution is 5.31. The van der Waals surface area contributed by atoms with Crippen molar-refractivity contribution in [3.05, 3.63) is 24.3 Å². The molecule has 0 saturated heterocycles. The lowest BCUT2D eigenvalue weighted by Crippen LogP contribution is -2.15. The Hall–Kier alpha value is -1.22. The van der Waals surface area contributed by atoms with E-state index in [1.165, 1.54) is 0 Å². The normalized spacial score (nSPS) is 10.4. The zero-order valence-electron chi connectivity index (χ0n) is 9.69. The van der Waals surface area contributed by atoms with E-state index >= 15 is 0 Å². The van der Waals surface area contributed by atoms with Crippen molar-refractivity contribution in [3.63, 3.8) is 0 Å². The van der Waals surface area contributed by atoms with Gasteiger partial charge in [-0.3, -0.25) is 0 Å². The molecule has 0 unspecified atom stereocenters. The average molecular weight is 209 g/mol. The summed E-state index contributed by atoms with van der Waals surface area (Å²) in [5.41, 5.74) is 0. The fourth-order valence-corrected chi connectivity index (χ4v) is 1.24. The third-order valence-electron chi connectivity index (χ3n) is 2.08.